The second-order valence-corrected chi connectivity index (χ2v) is 12.2. The lowest BCUT2D eigenvalue weighted by Crippen LogP contribution is -2.81. The standard InChI is InChI=1S/C31H35N3O6/c1-33-15-14-30-26-20-7-10-23(38-2)27(26)40-28(30)31(39-3)13-12-29(30,24(33)16-20)17-21(31)18-32-25(35)11-6-19-4-8-22(9-5-19)34(36)37/h4-11,21,24,28H,12-18H2,1-3H3,(H,32,35)/b11-6+/t21-,24-,28-,29-,30+,31-/m1/s1. The Bertz CT molecular complexity index is 1420. The third-order valence-electron chi connectivity index (χ3n) is 11.0. The summed E-state index contributed by atoms with van der Waals surface area (Å²) in [5, 5.41) is 14.1. The van der Waals surface area contributed by atoms with Crippen LogP contribution in [0.15, 0.2) is 42.5 Å². The zero-order chi connectivity index (χ0) is 27.9. The molecule has 40 heavy (non-hydrogen) atoms. The number of amides is 1. The first-order valence-corrected chi connectivity index (χ1v) is 14.1. The number of hydrogen-bond donors (Lipinski definition) is 1. The lowest BCUT2D eigenvalue weighted by molar-refractivity contribution is -0.384. The van der Waals surface area contributed by atoms with Crippen LogP contribution in [-0.2, 0) is 21.4 Å². The molecular formula is C31H35N3O6. The van der Waals surface area contributed by atoms with Crippen LogP contribution < -0.4 is 14.8 Å². The minimum Gasteiger partial charge on any atom is -0.493 e. The van der Waals surface area contributed by atoms with Crippen molar-refractivity contribution in [2.45, 2.75) is 55.3 Å². The molecular weight excluding hydrogens is 510 g/mol. The number of non-ortho nitro benzene ring substituents is 1. The van der Waals surface area contributed by atoms with Gasteiger partial charge in [-0.15, -0.1) is 0 Å². The molecule has 2 aliphatic heterocycles. The minimum absolute atomic E-state index is 0.0233. The van der Waals surface area contributed by atoms with Gasteiger partial charge in [0, 0.05) is 60.2 Å². The molecule has 8 rings (SSSR count). The van der Waals surface area contributed by atoms with E-state index in [2.05, 4.69) is 23.3 Å². The lowest BCUT2D eigenvalue weighted by Gasteiger charge is -2.73. The van der Waals surface area contributed by atoms with Gasteiger partial charge in [0.05, 0.1) is 12.0 Å². The summed E-state index contributed by atoms with van der Waals surface area (Å²) in [4.78, 5) is 26.0. The summed E-state index contributed by atoms with van der Waals surface area (Å²) in [6, 6.07) is 10.8. The first-order chi connectivity index (χ1) is 19.3. The van der Waals surface area contributed by atoms with E-state index in [1.807, 2.05) is 6.07 Å². The first-order valence-electron chi connectivity index (χ1n) is 14.1. The monoisotopic (exact) mass is 545 g/mol. The molecule has 0 unspecified atom stereocenters. The molecule has 2 spiro atoms. The van der Waals surface area contributed by atoms with Crippen molar-refractivity contribution in [3.05, 3.63) is 69.3 Å². The predicted octanol–water partition coefficient (Wildman–Crippen LogP) is 3.88. The fourth-order valence-corrected chi connectivity index (χ4v) is 9.38. The average molecular weight is 546 g/mol. The third-order valence-corrected chi connectivity index (χ3v) is 11.0. The van der Waals surface area contributed by atoms with Crippen molar-refractivity contribution < 1.29 is 23.9 Å². The molecule has 1 amide bonds. The number of benzene rings is 2. The zero-order valence-electron chi connectivity index (χ0n) is 23.1. The highest BCUT2D eigenvalue weighted by Gasteiger charge is 2.80. The molecule has 6 atom stereocenters. The number of nitro benzene ring substituents is 1. The highest BCUT2D eigenvalue weighted by molar-refractivity contribution is 5.91. The molecule has 2 aromatic rings. The Morgan fingerprint density at radius 2 is 2.00 bits per heavy atom. The molecule has 4 aliphatic carbocycles. The molecule has 1 saturated heterocycles. The summed E-state index contributed by atoms with van der Waals surface area (Å²) in [6.07, 6.45) is 8.00. The van der Waals surface area contributed by atoms with Crippen molar-refractivity contribution >= 4 is 17.7 Å². The van der Waals surface area contributed by atoms with Gasteiger partial charge in [0.15, 0.2) is 11.5 Å². The molecule has 2 aromatic carbocycles. The van der Waals surface area contributed by atoms with E-state index in [1.165, 1.54) is 29.3 Å². The lowest BCUT2D eigenvalue weighted by atomic mass is 9.35. The molecule has 9 heteroatoms. The van der Waals surface area contributed by atoms with Crippen molar-refractivity contribution in [2.75, 3.05) is 34.4 Å². The van der Waals surface area contributed by atoms with Crippen LogP contribution in [0.2, 0.25) is 0 Å². The van der Waals surface area contributed by atoms with Gasteiger partial charge in [-0.3, -0.25) is 14.9 Å². The van der Waals surface area contributed by atoms with Crippen molar-refractivity contribution in [3.8, 4) is 11.5 Å². The Morgan fingerprint density at radius 1 is 1.20 bits per heavy atom. The van der Waals surface area contributed by atoms with Gasteiger partial charge >= 0.3 is 0 Å². The average Bonchev–Trinajstić information content (AvgIpc) is 3.34. The maximum absolute atomic E-state index is 12.9. The SMILES string of the molecule is COc1ccc2c3c1O[C@H]1[C@@]4(OC)CC[C@@]5(C[C@@H]4CNC(=O)/C=C/c4ccc([N+](=O)[O-])cc4)[C@@H](C2)N(C)CC[C@]315. The van der Waals surface area contributed by atoms with Crippen LogP contribution in [-0.4, -0.2) is 67.8 Å². The molecule has 3 saturated carbocycles. The van der Waals surface area contributed by atoms with Crippen molar-refractivity contribution in [1.82, 2.24) is 10.2 Å². The molecule has 0 radical (unpaired) electrons. The van der Waals surface area contributed by atoms with Gasteiger partial charge in [0.25, 0.3) is 5.69 Å². The summed E-state index contributed by atoms with van der Waals surface area (Å²) in [7, 11) is 5.78. The number of fused-ring (bicyclic) bond motifs is 2. The maximum Gasteiger partial charge on any atom is 0.269 e. The molecule has 2 heterocycles. The number of rotatable bonds is 7. The fourth-order valence-electron chi connectivity index (χ4n) is 9.38. The highest BCUT2D eigenvalue weighted by atomic mass is 16.6. The van der Waals surface area contributed by atoms with Crippen molar-refractivity contribution in [3.63, 3.8) is 0 Å². The normalized spacial score (nSPS) is 34.8. The number of nitro groups is 1. The topological polar surface area (TPSA) is 103 Å². The minimum atomic E-state index is -0.518. The molecule has 0 aromatic heterocycles. The van der Waals surface area contributed by atoms with E-state index in [1.54, 1.807) is 32.4 Å². The van der Waals surface area contributed by atoms with Gasteiger partial charge in [-0.2, -0.15) is 0 Å². The van der Waals surface area contributed by atoms with Crippen LogP contribution in [0.1, 0.15) is 42.4 Å². The van der Waals surface area contributed by atoms with Gasteiger partial charge in [-0.05, 0) is 81.1 Å². The van der Waals surface area contributed by atoms with Gasteiger partial charge in [-0.1, -0.05) is 6.07 Å². The van der Waals surface area contributed by atoms with Crippen LogP contribution in [0.25, 0.3) is 6.08 Å². The molecule has 6 aliphatic rings. The molecule has 1 N–H and O–H groups in total. The van der Waals surface area contributed by atoms with E-state index >= 15 is 0 Å². The number of piperidine rings is 1. The third kappa shape index (κ3) is 3.13. The van der Waals surface area contributed by atoms with Crippen molar-refractivity contribution in [1.29, 1.82) is 0 Å². The summed E-state index contributed by atoms with van der Waals surface area (Å²) >= 11 is 0. The van der Waals surface area contributed by atoms with E-state index < -0.39 is 10.5 Å². The number of methoxy groups -OCH3 is 2. The maximum atomic E-state index is 12.9. The van der Waals surface area contributed by atoms with Gasteiger partial charge in [0.2, 0.25) is 5.91 Å². The van der Waals surface area contributed by atoms with Crippen LogP contribution in [0.4, 0.5) is 5.69 Å². The summed E-state index contributed by atoms with van der Waals surface area (Å²) < 4.78 is 19.3. The van der Waals surface area contributed by atoms with Gasteiger partial charge < -0.3 is 24.4 Å². The second-order valence-electron chi connectivity index (χ2n) is 12.2. The number of likely N-dealkylation sites (tertiary alicyclic amines) is 1. The van der Waals surface area contributed by atoms with Gasteiger partial charge in [-0.25, -0.2) is 0 Å². The van der Waals surface area contributed by atoms with Crippen LogP contribution >= 0.6 is 0 Å². The quantitative estimate of drug-likeness (QED) is 0.320. The number of likely N-dealkylation sites (N-methyl/N-ethyl adjacent to an activating group) is 1. The van der Waals surface area contributed by atoms with E-state index in [9.17, 15) is 14.9 Å². The molecule has 9 nitrogen and oxygen atoms in total. The number of carbonyl (C=O) groups excluding carboxylic acids is 1. The largest absolute Gasteiger partial charge is 0.493 e. The van der Waals surface area contributed by atoms with Crippen molar-refractivity contribution in [2.24, 2.45) is 11.3 Å². The molecule has 210 valence electrons. The Kier molecular flexibility index (Phi) is 5.61. The summed E-state index contributed by atoms with van der Waals surface area (Å²) in [5.74, 6) is 1.59. The van der Waals surface area contributed by atoms with Gasteiger partial charge in [0.1, 0.15) is 11.7 Å². The zero-order valence-corrected chi connectivity index (χ0v) is 23.1. The Labute approximate surface area is 233 Å². The molecule has 4 fully saturated rings. The second kappa shape index (κ2) is 8.78. The predicted molar refractivity (Wildman–Crippen MR) is 148 cm³/mol. The van der Waals surface area contributed by atoms with Crippen LogP contribution in [0.5, 0.6) is 11.5 Å². The highest BCUT2D eigenvalue weighted by Crippen LogP contribution is 2.76. The fraction of sp³-hybridized carbons (Fsp3) is 0.516. The summed E-state index contributed by atoms with van der Waals surface area (Å²) in [6.45, 7) is 1.52. The van der Waals surface area contributed by atoms with E-state index in [4.69, 9.17) is 14.2 Å². The number of hydrogen-bond acceptors (Lipinski definition) is 7. The number of carbonyl (C=O) groups is 1. The number of ether oxygens (including phenoxy) is 3. The molecule has 4 bridgehead atoms. The smallest absolute Gasteiger partial charge is 0.269 e. The Morgan fingerprint density at radius 3 is 2.73 bits per heavy atom. The van der Waals surface area contributed by atoms with E-state index in [0.717, 1.165) is 55.7 Å². The van der Waals surface area contributed by atoms with Crippen LogP contribution in [0, 0.1) is 21.4 Å². The number of nitrogens with one attached hydrogen (secondary N) is 1. The number of nitrogens with zero attached hydrogens (tertiary/aromatic N) is 2. The van der Waals surface area contributed by atoms with E-state index in [0.29, 0.717) is 12.6 Å². The van der Waals surface area contributed by atoms with E-state index in [-0.39, 0.29) is 34.4 Å². The Hall–Kier alpha value is -3.43. The van der Waals surface area contributed by atoms with Crippen LogP contribution in [0.3, 0.4) is 0 Å². The first kappa shape index (κ1) is 25.5. The Balaban J connectivity index is 1.19. The summed E-state index contributed by atoms with van der Waals surface area (Å²) in [5.41, 5.74) is 2.89.